The Morgan fingerprint density at radius 1 is 1.38 bits per heavy atom. The number of thiazole rings is 1. The molecule has 2 rings (SSSR count). The summed E-state index contributed by atoms with van der Waals surface area (Å²) in [5.74, 6) is 0. The minimum atomic E-state index is 0.649. The van der Waals surface area contributed by atoms with Gasteiger partial charge in [-0.15, -0.1) is 11.3 Å². The number of benzene rings is 1. The van der Waals surface area contributed by atoms with Crippen molar-refractivity contribution in [2.24, 2.45) is 0 Å². The summed E-state index contributed by atoms with van der Waals surface area (Å²) in [5, 5.41) is 0.649. The van der Waals surface area contributed by atoms with Crippen LogP contribution in [0.25, 0.3) is 0 Å². The van der Waals surface area contributed by atoms with Crippen LogP contribution in [0.15, 0.2) is 22.7 Å². The lowest BCUT2D eigenvalue weighted by atomic mass is 10.1. The fraction of sp³-hybridized carbons (Fsp3) is 0.250. The molecule has 1 aromatic heterocycles. The molecule has 2 N–H and O–H groups in total. The van der Waals surface area contributed by atoms with Crippen LogP contribution in [0.5, 0.6) is 0 Å². The van der Waals surface area contributed by atoms with E-state index >= 15 is 0 Å². The molecule has 84 valence electrons. The molecule has 0 amide bonds. The van der Waals surface area contributed by atoms with Gasteiger partial charge in [-0.25, -0.2) is 4.98 Å². The van der Waals surface area contributed by atoms with Crippen molar-refractivity contribution in [1.29, 1.82) is 0 Å². The van der Waals surface area contributed by atoms with E-state index in [1.165, 1.54) is 16.0 Å². The monoisotopic (exact) mass is 296 g/mol. The number of hydrogen-bond donors (Lipinski definition) is 1. The van der Waals surface area contributed by atoms with Gasteiger partial charge in [-0.2, -0.15) is 0 Å². The lowest BCUT2D eigenvalue weighted by Gasteiger charge is -2.04. The number of halogens is 1. The number of hydrogen-bond acceptors (Lipinski definition) is 3. The minimum Gasteiger partial charge on any atom is -0.375 e. The molecule has 2 nitrogen and oxygen atoms in total. The molecule has 16 heavy (non-hydrogen) atoms. The summed E-state index contributed by atoms with van der Waals surface area (Å²) < 4.78 is 1.15. The Hall–Kier alpha value is -0.870. The first-order valence-electron chi connectivity index (χ1n) is 5.03. The molecule has 2 aromatic rings. The van der Waals surface area contributed by atoms with Crippen LogP contribution in [0.2, 0.25) is 0 Å². The van der Waals surface area contributed by atoms with Crippen LogP contribution < -0.4 is 5.73 Å². The Kier molecular flexibility index (Phi) is 3.30. The van der Waals surface area contributed by atoms with Gasteiger partial charge < -0.3 is 5.73 Å². The van der Waals surface area contributed by atoms with Crippen LogP contribution in [0, 0.1) is 13.8 Å². The molecule has 0 spiro atoms. The van der Waals surface area contributed by atoms with Crippen molar-refractivity contribution >= 4 is 32.4 Å². The van der Waals surface area contributed by atoms with Gasteiger partial charge in [0.2, 0.25) is 0 Å². The highest BCUT2D eigenvalue weighted by atomic mass is 79.9. The first-order chi connectivity index (χ1) is 7.56. The zero-order valence-electron chi connectivity index (χ0n) is 9.25. The maximum atomic E-state index is 5.69. The zero-order chi connectivity index (χ0) is 11.7. The van der Waals surface area contributed by atoms with Gasteiger partial charge in [-0.1, -0.05) is 28.1 Å². The van der Waals surface area contributed by atoms with Gasteiger partial charge in [-0.05, 0) is 31.0 Å². The van der Waals surface area contributed by atoms with E-state index in [4.69, 9.17) is 5.73 Å². The summed E-state index contributed by atoms with van der Waals surface area (Å²) in [5.41, 5.74) is 9.26. The first kappa shape index (κ1) is 11.6. The number of aryl methyl sites for hydroxylation is 2. The summed E-state index contributed by atoms with van der Waals surface area (Å²) in [7, 11) is 0. The number of nitrogens with two attached hydrogens (primary N) is 1. The second-order valence-electron chi connectivity index (χ2n) is 3.83. The molecule has 1 heterocycles. The van der Waals surface area contributed by atoms with Crippen molar-refractivity contribution in [3.63, 3.8) is 0 Å². The standard InChI is InChI=1S/C12H13BrN2S/c1-7-3-4-9(10(13)5-7)6-11-8(2)15-12(14)16-11/h3-5H,6H2,1-2H3,(H2,14,15). The topological polar surface area (TPSA) is 38.9 Å². The molecule has 0 aliphatic carbocycles. The van der Waals surface area contributed by atoms with Gasteiger partial charge in [-0.3, -0.25) is 0 Å². The van der Waals surface area contributed by atoms with Crippen LogP contribution >= 0.6 is 27.3 Å². The van der Waals surface area contributed by atoms with Gasteiger partial charge in [0, 0.05) is 15.8 Å². The van der Waals surface area contributed by atoms with Gasteiger partial charge >= 0.3 is 0 Å². The molecule has 0 aliphatic rings. The second-order valence-corrected chi connectivity index (χ2v) is 5.80. The fourth-order valence-electron chi connectivity index (χ4n) is 1.58. The van der Waals surface area contributed by atoms with Gasteiger partial charge in [0.05, 0.1) is 5.69 Å². The predicted octanol–water partition coefficient (Wildman–Crippen LogP) is 3.70. The van der Waals surface area contributed by atoms with E-state index in [2.05, 4.69) is 46.0 Å². The third-order valence-corrected chi connectivity index (χ3v) is 4.19. The molecule has 0 radical (unpaired) electrons. The molecule has 0 fully saturated rings. The Labute approximate surface area is 108 Å². The highest BCUT2D eigenvalue weighted by Crippen LogP contribution is 2.26. The van der Waals surface area contributed by atoms with E-state index in [-0.39, 0.29) is 0 Å². The Morgan fingerprint density at radius 3 is 2.69 bits per heavy atom. The highest BCUT2D eigenvalue weighted by molar-refractivity contribution is 9.10. The zero-order valence-corrected chi connectivity index (χ0v) is 11.7. The van der Waals surface area contributed by atoms with Crippen molar-refractivity contribution in [1.82, 2.24) is 4.98 Å². The summed E-state index contributed by atoms with van der Waals surface area (Å²) in [6.45, 7) is 4.09. The highest BCUT2D eigenvalue weighted by Gasteiger charge is 2.08. The summed E-state index contributed by atoms with van der Waals surface area (Å²) in [6.07, 6.45) is 0.890. The van der Waals surface area contributed by atoms with Crippen molar-refractivity contribution in [3.8, 4) is 0 Å². The first-order valence-corrected chi connectivity index (χ1v) is 6.64. The molecule has 0 bridgehead atoms. The lowest BCUT2D eigenvalue weighted by Crippen LogP contribution is -1.90. The van der Waals surface area contributed by atoms with Crippen LogP contribution in [0.4, 0.5) is 5.13 Å². The molecule has 0 atom stereocenters. The Balaban J connectivity index is 2.30. The molecular formula is C12H13BrN2S. The quantitative estimate of drug-likeness (QED) is 0.918. The van der Waals surface area contributed by atoms with Crippen LogP contribution in [0.3, 0.4) is 0 Å². The largest absolute Gasteiger partial charge is 0.375 e. The maximum Gasteiger partial charge on any atom is 0.180 e. The fourth-order valence-corrected chi connectivity index (χ4v) is 3.07. The number of rotatable bonds is 2. The third-order valence-electron chi connectivity index (χ3n) is 2.47. The predicted molar refractivity (Wildman–Crippen MR) is 72.9 cm³/mol. The minimum absolute atomic E-state index is 0.649. The Morgan fingerprint density at radius 2 is 2.12 bits per heavy atom. The normalized spacial score (nSPS) is 10.7. The maximum absolute atomic E-state index is 5.69. The molecule has 0 aliphatic heterocycles. The molecule has 4 heteroatoms. The van der Waals surface area contributed by atoms with Gasteiger partial charge in [0.25, 0.3) is 0 Å². The smallest absolute Gasteiger partial charge is 0.180 e. The Bertz CT molecular complexity index is 520. The van der Waals surface area contributed by atoms with Gasteiger partial charge in [0.15, 0.2) is 5.13 Å². The van der Waals surface area contributed by atoms with Crippen LogP contribution in [-0.2, 0) is 6.42 Å². The number of nitrogen functional groups attached to an aromatic ring is 1. The van der Waals surface area contributed by atoms with E-state index in [0.29, 0.717) is 5.13 Å². The number of nitrogens with zero attached hydrogens (tertiary/aromatic N) is 1. The molecule has 0 saturated carbocycles. The average molecular weight is 297 g/mol. The average Bonchev–Trinajstić information content (AvgIpc) is 2.50. The lowest BCUT2D eigenvalue weighted by molar-refractivity contribution is 1.14. The van der Waals surface area contributed by atoms with Crippen LogP contribution in [0.1, 0.15) is 21.7 Å². The summed E-state index contributed by atoms with van der Waals surface area (Å²) >= 11 is 5.16. The number of aromatic nitrogens is 1. The number of anilines is 1. The SMILES string of the molecule is Cc1ccc(Cc2sc(N)nc2C)c(Br)c1. The van der Waals surface area contributed by atoms with E-state index in [1.54, 1.807) is 11.3 Å². The molecule has 0 saturated heterocycles. The van der Waals surface area contributed by atoms with Crippen molar-refractivity contribution in [2.75, 3.05) is 5.73 Å². The summed E-state index contributed by atoms with van der Waals surface area (Å²) in [6, 6.07) is 6.41. The molecular weight excluding hydrogens is 284 g/mol. The second kappa shape index (κ2) is 4.55. The van der Waals surface area contributed by atoms with Crippen molar-refractivity contribution in [3.05, 3.63) is 44.4 Å². The molecule has 0 unspecified atom stereocenters. The van der Waals surface area contributed by atoms with E-state index < -0.39 is 0 Å². The van der Waals surface area contributed by atoms with E-state index in [1.807, 2.05) is 6.92 Å². The van der Waals surface area contributed by atoms with Gasteiger partial charge in [0.1, 0.15) is 0 Å². The van der Waals surface area contributed by atoms with Crippen molar-refractivity contribution < 1.29 is 0 Å². The third kappa shape index (κ3) is 2.44. The van der Waals surface area contributed by atoms with E-state index in [9.17, 15) is 0 Å². The van der Waals surface area contributed by atoms with Crippen molar-refractivity contribution in [2.45, 2.75) is 20.3 Å². The van der Waals surface area contributed by atoms with Crippen LogP contribution in [-0.4, -0.2) is 4.98 Å². The van der Waals surface area contributed by atoms with E-state index in [0.717, 1.165) is 16.6 Å². The molecule has 1 aromatic carbocycles. The summed E-state index contributed by atoms with van der Waals surface area (Å²) in [4.78, 5) is 5.47.